The maximum Gasteiger partial charge on any atom is 0.0932 e. The molecule has 0 aliphatic carbocycles. The van der Waals surface area contributed by atoms with Gasteiger partial charge in [0.05, 0.1) is 15.3 Å². The monoisotopic (exact) mass is 226 g/mol. The average molecular weight is 227 g/mol. The van der Waals surface area contributed by atoms with E-state index < -0.39 is 5.60 Å². The Morgan fingerprint density at radius 1 is 1.36 bits per heavy atom. The maximum atomic E-state index is 9.85. The molecule has 1 heterocycles. The molecule has 0 fully saturated rings. The van der Waals surface area contributed by atoms with Gasteiger partial charge in [0, 0.05) is 4.88 Å². The van der Waals surface area contributed by atoms with E-state index in [-0.39, 0.29) is 0 Å². The van der Waals surface area contributed by atoms with E-state index in [1.54, 1.807) is 25.2 Å². The smallest absolute Gasteiger partial charge is 0.0932 e. The van der Waals surface area contributed by atoms with Crippen LogP contribution in [0.4, 0.5) is 0 Å². The topological polar surface area (TPSA) is 20.2 Å². The third-order valence-electron chi connectivity index (χ3n) is 2.10. The van der Waals surface area contributed by atoms with Crippen molar-refractivity contribution in [2.24, 2.45) is 0 Å². The van der Waals surface area contributed by atoms with Gasteiger partial charge in [0.1, 0.15) is 0 Å². The summed E-state index contributed by atoms with van der Waals surface area (Å²) in [6.45, 7) is 3.57. The van der Waals surface area contributed by atoms with Gasteiger partial charge in [-0.05, 0) is 31.4 Å². The predicted molar refractivity (Wildman–Crippen MR) is 62.1 cm³/mol. The van der Waals surface area contributed by atoms with Gasteiger partial charge in [-0.1, -0.05) is 23.7 Å². The van der Waals surface area contributed by atoms with E-state index in [1.165, 1.54) is 0 Å². The highest BCUT2D eigenvalue weighted by Gasteiger charge is 2.19. The second-order valence-electron chi connectivity index (χ2n) is 3.83. The minimum atomic E-state index is -0.785. The Hall–Kier alpha value is -0.570. The molecule has 0 amide bonds. The fourth-order valence-corrected chi connectivity index (χ4v) is 2.69. The maximum absolute atomic E-state index is 9.85. The zero-order valence-corrected chi connectivity index (χ0v) is 9.62. The molecule has 74 valence electrons. The van der Waals surface area contributed by atoms with Crippen LogP contribution in [0, 0.1) is 0 Å². The second kappa shape index (κ2) is 3.23. The molecule has 0 atom stereocenters. The van der Waals surface area contributed by atoms with Crippen LogP contribution < -0.4 is 0 Å². The average Bonchev–Trinajstić information content (AvgIpc) is 2.48. The molecule has 0 radical (unpaired) electrons. The molecule has 0 bridgehead atoms. The van der Waals surface area contributed by atoms with Crippen LogP contribution in [-0.2, 0) is 5.60 Å². The van der Waals surface area contributed by atoms with Crippen molar-refractivity contribution in [3.63, 3.8) is 0 Å². The molecule has 1 aromatic heterocycles. The van der Waals surface area contributed by atoms with Gasteiger partial charge in [-0.3, -0.25) is 0 Å². The normalized spacial score (nSPS) is 12.3. The van der Waals surface area contributed by atoms with E-state index in [0.29, 0.717) is 0 Å². The number of rotatable bonds is 1. The molecule has 0 spiro atoms. The Morgan fingerprint density at radius 3 is 2.64 bits per heavy atom. The van der Waals surface area contributed by atoms with Gasteiger partial charge in [-0.15, -0.1) is 11.3 Å². The number of aliphatic hydroxyl groups is 1. The first kappa shape index (κ1) is 9.97. The molecule has 1 N–H and O–H groups in total. The largest absolute Gasteiger partial charge is 0.385 e. The molecule has 14 heavy (non-hydrogen) atoms. The first-order chi connectivity index (χ1) is 6.48. The zero-order valence-electron chi connectivity index (χ0n) is 8.04. The fourth-order valence-electron chi connectivity index (χ4n) is 1.33. The lowest BCUT2D eigenvalue weighted by Crippen LogP contribution is -2.12. The Morgan fingerprint density at radius 2 is 2.07 bits per heavy atom. The van der Waals surface area contributed by atoms with Gasteiger partial charge >= 0.3 is 0 Å². The van der Waals surface area contributed by atoms with Crippen LogP contribution in [0.1, 0.15) is 18.7 Å². The van der Waals surface area contributed by atoms with Crippen molar-refractivity contribution >= 4 is 33.0 Å². The minimum absolute atomic E-state index is 0.753. The molecule has 1 aromatic carbocycles. The van der Waals surface area contributed by atoms with Gasteiger partial charge in [0.25, 0.3) is 0 Å². The summed E-state index contributed by atoms with van der Waals surface area (Å²) in [6.07, 6.45) is 0. The highest BCUT2D eigenvalue weighted by atomic mass is 35.5. The van der Waals surface area contributed by atoms with Crippen molar-refractivity contribution < 1.29 is 5.11 Å². The standard InChI is InChI=1S/C11H11ClOS/c1-11(2,13)9-6-7-4-3-5-8(12)10(7)14-9/h3-6,13H,1-2H3. The third-order valence-corrected chi connectivity index (χ3v) is 4.02. The summed E-state index contributed by atoms with van der Waals surface area (Å²) in [6, 6.07) is 7.79. The van der Waals surface area contributed by atoms with E-state index in [2.05, 4.69) is 0 Å². The molecule has 2 aromatic rings. The number of thiophene rings is 1. The van der Waals surface area contributed by atoms with E-state index in [9.17, 15) is 5.11 Å². The van der Waals surface area contributed by atoms with Crippen molar-refractivity contribution in [1.29, 1.82) is 0 Å². The highest BCUT2D eigenvalue weighted by Crippen LogP contribution is 2.36. The fraction of sp³-hybridized carbons (Fsp3) is 0.273. The van der Waals surface area contributed by atoms with E-state index in [4.69, 9.17) is 11.6 Å². The van der Waals surface area contributed by atoms with Crippen molar-refractivity contribution in [3.8, 4) is 0 Å². The Bertz CT molecular complexity index is 468. The number of fused-ring (bicyclic) bond motifs is 1. The number of halogens is 1. The van der Waals surface area contributed by atoms with Crippen LogP contribution in [0.25, 0.3) is 10.1 Å². The number of hydrogen-bond acceptors (Lipinski definition) is 2. The zero-order chi connectivity index (χ0) is 10.3. The Balaban J connectivity index is 2.69. The van der Waals surface area contributed by atoms with Crippen molar-refractivity contribution in [2.75, 3.05) is 0 Å². The van der Waals surface area contributed by atoms with E-state index in [0.717, 1.165) is 20.0 Å². The Labute approximate surface area is 91.9 Å². The van der Waals surface area contributed by atoms with Crippen molar-refractivity contribution in [1.82, 2.24) is 0 Å². The number of hydrogen-bond donors (Lipinski definition) is 1. The first-order valence-corrected chi connectivity index (χ1v) is 5.59. The SMILES string of the molecule is CC(C)(O)c1cc2cccc(Cl)c2s1. The van der Waals surface area contributed by atoms with Gasteiger partial charge in [-0.25, -0.2) is 0 Å². The molecule has 0 unspecified atom stereocenters. The molecule has 0 saturated carbocycles. The summed E-state index contributed by atoms with van der Waals surface area (Å²) in [4.78, 5) is 0.945. The lowest BCUT2D eigenvalue weighted by Gasteiger charge is -2.13. The summed E-state index contributed by atoms with van der Waals surface area (Å²) in [5.74, 6) is 0. The van der Waals surface area contributed by atoms with Crippen LogP contribution in [-0.4, -0.2) is 5.11 Å². The summed E-state index contributed by atoms with van der Waals surface area (Å²) in [5, 5.41) is 11.7. The van der Waals surface area contributed by atoms with Crippen molar-refractivity contribution in [2.45, 2.75) is 19.4 Å². The lowest BCUT2D eigenvalue weighted by molar-refractivity contribution is 0.0826. The van der Waals surface area contributed by atoms with Crippen LogP contribution in [0.5, 0.6) is 0 Å². The minimum Gasteiger partial charge on any atom is -0.385 e. The van der Waals surface area contributed by atoms with Gasteiger partial charge in [0.15, 0.2) is 0 Å². The molecular weight excluding hydrogens is 216 g/mol. The molecule has 2 rings (SSSR count). The van der Waals surface area contributed by atoms with Gasteiger partial charge in [0.2, 0.25) is 0 Å². The summed E-state index contributed by atoms with van der Waals surface area (Å²) >= 11 is 7.60. The Kier molecular flexibility index (Phi) is 2.30. The quantitative estimate of drug-likeness (QED) is 0.785. The van der Waals surface area contributed by atoms with Crippen LogP contribution in [0.3, 0.4) is 0 Å². The van der Waals surface area contributed by atoms with Crippen molar-refractivity contribution in [3.05, 3.63) is 34.2 Å². The third kappa shape index (κ3) is 1.65. The summed E-state index contributed by atoms with van der Waals surface area (Å²) in [5.41, 5.74) is -0.785. The molecule has 3 heteroatoms. The molecule has 0 saturated heterocycles. The second-order valence-corrected chi connectivity index (χ2v) is 5.29. The number of benzene rings is 1. The molecular formula is C11H11ClOS. The highest BCUT2D eigenvalue weighted by molar-refractivity contribution is 7.19. The first-order valence-electron chi connectivity index (χ1n) is 4.39. The van der Waals surface area contributed by atoms with E-state index >= 15 is 0 Å². The van der Waals surface area contributed by atoms with Gasteiger partial charge in [-0.2, -0.15) is 0 Å². The van der Waals surface area contributed by atoms with Crippen LogP contribution in [0.15, 0.2) is 24.3 Å². The van der Waals surface area contributed by atoms with Crippen LogP contribution >= 0.6 is 22.9 Å². The lowest BCUT2D eigenvalue weighted by atomic mass is 10.1. The van der Waals surface area contributed by atoms with Crippen LogP contribution in [0.2, 0.25) is 5.02 Å². The summed E-state index contributed by atoms with van der Waals surface area (Å²) in [7, 11) is 0. The van der Waals surface area contributed by atoms with E-state index in [1.807, 2.05) is 24.3 Å². The summed E-state index contributed by atoms with van der Waals surface area (Å²) < 4.78 is 1.05. The molecule has 1 nitrogen and oxygen atoms in total. The predicted octanol–water partition coefficient (Wildman–Crippen LogP) is 3.78. The molecule has 0 aliphatic heterocycles. The van der Waals surface area contributed by atoms with Gasteiger partial charge < -0.3 is 5.11 Å². The molecule has 0 aliphatic rings.